The van der Waals surface area contributed by atoms with Gasteiger partial charge in [0.25, 0.3) is 0 Å². The van der Waals surface area contributed by atoms with Crippen LogP contribution in [-0.4, -0.2) is 30.6 Å². The van der Waals surface area contributed by atoms with Crippen LogP contribution < -0.4 is 0 Å². The molecule has 3 heterocycles. The van der Waals surface area contributed by atoms with Crippen molar-refractivity contribution in [3.8, 4) is 0 Å². The van der Waals surface area contributed by atoms with Crippen molar-refractivity contribution < 1.29 is 9.53 Å². The van der Waals surface area contributed by atoms with Crippen molar-refractivity contribution in [2.45, 2.75) is 38.1 Å². The predicted molar refractivity (Wildman–Crippen MR) is 96.4 cm³/mol. The van der Waals surface area contributed by atoms with Crippen molar-refractivity contribution in [3.05, 3.63) is 57.3 Å². The number of fused-ring (bicyclic) bond motifs is 1. The zero-order valence-corrected chi connectivity index (χ0v) is 14.9. The molecule has 1 aromatic carbocycles. The van der Waals surface area contributed by atoms with Crippen LogP contribution in [0.2, 0.25) is 0 Å². The molecule has 24 heavy (non-hydrogen) atoms. The number of benzene rings is 1. The zero-order chi connectivity index (χ0) is 16.6. The summed E-state index contributed by atoms with van der Waals surface area (Å²) < 4.78 is 5.60. The Labute approximate surface area is 147 Å². The summed E-state index contributed by atoms with van der Waals surface area (Å²) in [5.74, 6) is 0.289. The molecule has 0 unspecified atom stereocenters. The Bertz CT molecular complexity index is 746. The average Bonchev–Trinajstić information content (AvgIpc) is 3.09. The van der Waals surface area contributed by atoms with Crippen molar-refractivity contribution >= 4 is 17.2 Å². The van der Waals surface area contributed by atoms with Crippen molar-refractivity contribution in [3.63, 3.8) is 0 Å². The van der Waals surface area contributed by atoms with E-state index < -0.39 is 5.41 Å². The molecule has 2 aromatic rings. The molecule has 1 aromatic heterocycles. The van der Waals surface area contributed by atoms with Crippen LogP contribution in [0, 0.1) is 6.92 Å². The second kappa shape index (κ2) is 6.34. The van der Waals surface area contributed by atoms with Gasteiger partial charge in [-0.15, -0.1) is 11.3 Å². The number of rotatable bonds is 2. The SMILES string of the molecule is Cc1ccccc1C1(C(=O)N2CCc3sccc3C2)CCOCC1. The van der Waals surface area contributed by atoms with Gasteiger partial charge in [-0.1, -0.05) is 24.3 Å². The normalized spacial score (nSPS) is 19.8. The van der Waals surface area contributed by atoms with E-state index in [2.05, 4.69) is 47.5 Å². The van der Waals surface area contributed by atoms with Gasteiger partial charge in [-0.05, 0) is 54.3 Å². The summed E-state index contributed by atoms with van der Waals surface area (Å²) in [4.78, 5) is 17.2. The van der Waals surface area contributed by atoms with Crippen molar-refractivity contribution in [2.75, 3.05) is 19.8 Å². The van der Waals surface area contributed by atoms with E-state index in [-0.39, 0.29) is 5.91 Å². The van der Waals surface area contributed by atoms with Gasteiger partial charge in [-0.25, -0.2) is 0 Å². The summed E-state index contributed by atoms with van der Waals surface area (Å²) in [6, 6.07) is 10.5. The van der Waals surface area contributed by atoms with E-state index in [1.807, 2.05) is 11.3 Å². The topological polar surface area (TPSA) is 29.5 Å². The van der Waals surface area contributed by atoms with Gasteiger partial charge in [0, 0.05) is 31.2 Å². The van der Waals surface area contributed by atoms with Crippen LogP contribution >= 0.6 is 11.3 Å². The predicted octanol–water partition coefficient (Wildman–Crippen LogP) is 3.69. The highest BCUT2D eigenvalue weighted by Gasteiger charge is 2.45. The Morgan fingerprint density at radius 1 is 1.21 bits per heavy atom. The molecule has 0 radical (unpaired) electrons. The second-order valence-electron chi connectivity index (χ2n) is 6.86. The largest absolute Gasteiger partial charge is 0.381 e. The lowest BCUT2D eigenvalue weighted by Crippen LogP contribution is -2.51. The van der Waals surface area contributed by atoms with Crippen molar-refractivity contribution in [2.24, 2.45) is 0 Å². The Kier molecular flexibility index (Phi) is 4.19. The van der Waals surface area contributed by atoms with E-state index in [4.69, 9.17) is 4.74 Å². The average molecular weight is 341 g/mol. The number of carbonyl (C=O) groups is 1. The molecule has 126 valence electrons. The summed E-state index contributed by atoms with van der Waals surface area (Å²) in [7, 11) is 0. The number of aryl methyl sites for hydroxylation is 1. The number of hydrogen-bond acceptors (Lipinski definition) is 3. The summed E-state index contributed by atoms with van der Waals surface area (Å²) in [5, 5.41) is 2.14. The van der Waals surface area contributed by atoms with Gasteiger partial charge in [0.15, 0.2) is 0 Å². The maximum Gasteiger partial charge on any atom is 0.233 e. The number of carbonyl (C=O) groups excluding carboxylic acids is 1. The van der Waals surface area contributed by atoms with Crippen LogP contribution in [0.1, 0.15) is 34.4 Å². The Morgan fingerprint density at radius 3 is 2.79 bits per heavy atom. The fraction of sp³-hybridized carbons (Fsp3) is 0.450. The van der Waals surface area contributed by atoms with Gasteiger partial charge >= 0.3 is 0 Å². The van der Waals surface area contributed by atoms with Gasteiger partial charge in [0.2, 0.25) is 5.91 Å². The summed E-state index contributed by atoms with van der Waals surface area (Å²) in [5.41, 5.74) is 3.30. The van der Waals surface area contributed by atoms with E-state index in [0.29, 0.717) is 13.2 Å². The molecule has 0 saturated carbocycles. The molecule has 2 aliphatic rings. The van der Waals surface area contributed by atoms with Crippen molar-refractivity contribution in [1.29, 1.82) is 0 Å². The third-order valence-corrected chi connectivity index (χ3v) is 6.53. The Balaban J connectivity index is 1.69. The van der Waals surface area contributed by atoms with Crippen LogP contribution in [0.3, 0.4) is 0 Å². The lowest BCUT2D eigenvalue weighted by molar-refractivity contribution is -0.142. The highest BCUT2D eigenvalue weighted by molar-refractivity contribution is 7.10. The number of ether oxygens (including phenoxy) is 1. The lowest BCUT2D eigenvalue weighted by Gasteiger charge is -2.42. The summed E-state index contributed by atoms with van der Waals surface area (Å²) in [6.45, 7) is 5.04. The first-order valence-electron chi connectivity index (χ1n) is 8.69. The molecule has 1 saturated heterocycles. The van der Waals surface area contributed by atoms with Gasteiger partial charge in [0.05, 0.1) is 5.41 Å². The molecule has 4 heteroatoms. The van der Waals surface area contributed by atoms with E-state index in [9.17, 15) is 4.79 Å². The Hall–Kier alpha value is -1.65. The third kappa shape index (κ3) is 2.58. The van der Waals surface area contributed by atoms with Crippen LogP contribution in [0.25, 0.3) is 0 Å². The fourth-order valence-electron chi connectivity index (χ4n) is 4.15. The van der Waals surface area contributed by atoms with Crippen LogP contribution in [0.4, 0.5) is 0 Å². The number of nitrogens with zero attached hydrogens (tertiary/aromatic N) is 1. The van der Waals surface area contributed by atoms with Gasteiger partial charge in [-0.3, -0.25) is 4.79 Å². The number of thiophene rings is 1. The zero-order valence-electron chi connectivity index (χ0n) is 14.1. The lowest BCUT2D eigenvalue weighted by atomic mass is 9.71. The number of amides is 1. The second-order valence-corrected chi connectivity index (χ2v) is 7.86. The molecule has 3 nitrogen and oxygen atoms in total. The fourth-order valence-corrected chi connectivity index (χ4v) is 5.04. The highest BCUT2D eigenvalue weighted by Crippen LogP contribution is 2.39. The minimum Gasteiger partial charge on any atom is -0.381 e. The van der Waals surface area contributed by atoms with Crippen LogP contribution in [-0.2, 0) is 27.9 Å². The maximum absolute atomic E-state index is 13.6. The van der Waals surface area contributed by atoms with Crippen LogP contribution in [0.15, 0.2) is 35.7 Å². The van der Waals surface area contributed by atoms with Crippen LogP contribution in [0.5, 0.6) is 0 Å². The molecule has 0 atom stereocenters. The van der Waals surface area contributed by atoms with Gasteiger partial charge < -0.3 is 9.64 Å². The standard InChI is InChI=1S/C20H23NO2S/c1-15-4-2-3-5-17(15)20(8-11-23-12-9-20)19(22)21-10-6-18-16(14-21)7-13-24-18/h2-5,7,13H,6,8-12,14H2,1H3. The van der Waals surface area contributed by atoms with E-state index >= 15 is 0 Å². The quantitative estimate of drug-likeness (QED) is 0.834. The molecule has 0 aliphatic carbocycles. The molecular formula is C20H23NO2S. The van der Waals surface area contributed by atoms with Gasteiger partial charge in [0.1, 0.15) is 0 Å². The minimum atomic E-state index is -0.420. The van der Waals surface area contributed by atoms with Gasteiger partial charge in [-0.2, -0.15) is 0 Å². The molecule has 1 amide bonds. The first-order chi connectivity index (χ1) is 11.7. The van der Waals surface area contributed by atoms with E-state index in [1.165, 1.54) is 21.6 Å². The van der Waals surface area contributed by atoms with Crippen molar-refractivity contribution in [1.82, 2.24) is 4.90 Å². The first kappa shape index (κ1) is 15.9. The third-order valence-electron chi connectivity index (χ3n) is 5.51. The van der Waals surface area contributed by atoms with E-state index in [0.717, 1.165) is 32.4 Å². The molecule has 4 rings (SSSR count). The molecular weight excluding hydrogens is 318 g/mol. The Morgan fingerprint density at radius 2 is 2.00 bits per heavy atom. The first-order valence-corrected chi connectivity index (χ1v) is 9.57. The molecule has 0 bridgehead atoms. The number of hydrogen-bond donors (Lipinski definition) is 0. The molecule has 0 spiro atoms. The minimum absolute atomic E-state index is 0.289. The summed E-state index contributed by atoms with van der Waals surface area (Å²) >= 11 is 1.81. The summed E-state index contributed by atoms with van der Waals surface area (Å²) in [6.07, 6.45) is 2.55. The molecule has 2 aliphatic heterocycles. The molecule has 0 N–H and O–H groups in total. The molecule has 1 fully saturated rings. The monoisotopic (exact) mass is 341 g/mol. The maximum atomic E-state index is 13.6. The highest BCUT2D eigenvalue weighted by atomic mass is 32.1. The smallest absolute Gasteiger partial charge is 0.233 e. The van der Waals surface area contributed by atoms with E-state index in [1.54, 1.807) is 0 Å².